The molecule has 0 spiro atoms. The maximum Gasteiger partial charge on any atom is 0.251 e. The number of carbonyl (C=O) groups excluding carboxylic acids is 1. The van der Waals surface area contributed by atoms with Crippen molar-refractivity contribution >= 4 is 28.5 Å². The van der Waals surface area contributed by atoms with Crippen LogP contribution in [-0.2, 0) is 0 Å². The van der Waals surface area contributed by atoms with E-state index < -0.39 is 0 Å². The minimum absolute atomic E-state index is 0.00220. The van der Waals surface area contributed by atoms with Crippen LogP contribution in [0.5, 0.6) is 0 Å². The molecule has 20 heavy (non-hydrogen) atoms. The number of hydrogen-bond acceptors (Lipinski definition) is 1. The van der Waals surface area contributed by atoms with E-state index in [0.717, 1.165) is 9.13 Å². The van der Waals surface area contributed by atoms with E-state index in [-0.39, 0.29) is 11.9 Å². The summed E-state index contributed by atoms with van der Waals surface area (Å²) in [6.07, 6.45) is 0. The summed E-state index contributed by atoms with van der Waals surface area (Å²) in [5.74, 6) is -0.0334. The van der Waals surface area contributed by atoms with Crippen LogP contribution in [0.4, 0.5) is 0 Å². The van der Waals surface area contributed by atoms with Gasteiger partial charge >= 0.3 is 0 Å². The van der Waals surface area contributed by atoms with Gasteiger partial charge in [0.05, 0.1) is 6.04 Å². The van der Waals surface area contributed by atoms with E-state index in [1.807, 2.05) is 31.2 Å². The maximum absolute atomic E-state index is 12.2. The van der Waals surface area contributed by atoms with E-state index in [4.69, 9.17) is 0 Å². The third-order valence-corrected chi connectivity index (χ3v) is 4.06. The van der Waals surface area contributed by atoms with Crippen LogP contribution < -0.4 is 5.32 Å². The second-order valence-electron chi connectivity index (χ2n) is 5.06. The SMILES string of the molecule is Cc1ccc([C@H](C)NC(=O)c2ccc(I)cc2)c(C)c1. The Hall–Kier alpha value is -1.36. The van der Waals surface area contributed by atoms with Crippen LogP contribution in [0.3, 0.4) is 0 Å². The van der Waals surface area contributed by atoms with Crippen molar-refractivity contribution in [1.82, 2.24) is 5.32 Å². The van der Waals surface area contributed by atoms with Crippen molar-refractivity contribution < 1.29 is 4.79 Å². The van der Waals surface area contributed by atoms with Crippen LogP contribution in [0, 0.1) is 17.4 Å². The lowest BCUT2D eigenvalue weighted by atomic mass is 10.00. The fourth-order valence-corrected chi connectivity index (χ4v) is 2.63. The standard InChI is InChI=1S/C17H18INO/c1-11-4-9-16(12(2)10-11)13(3)19-17(20)14-5-7-15(18)8-6-14/h4-10,13H,1-3H3,(H,19,20)/t13-/m0/s1. The first-order valence-electron chi connectivity index (χ1n) is 6.61. The topological polar surface area (TPSA) is 29.1 Å². The molecule has 0 radical (unpaired) electrons. The summed E-state index contributed by atoms with van der Waals surface area (Å²) in [5.41, 5.74) is 4.30. The first-order chi connectivity index (χ1) is 9.47. The highest BCUT2D eigenvalue weighted by molar-refractivity contribution is 14.1. The number of hydrogen-bond donors (Lipinski definition) is 1. The zero-order chi connectivity index (χ0) is 14.7. The Morgan fingerprint density at radius 3 is 2.35 bits per heavy atom. The van der Waals surface area contributed by atoms with Gasteiger partial charge in [0.2, 0.25) is 0 Å². The molecule has 1 atom stereocenters. The minimum Gasteiger partial charge on any atom is -0.346 e. The Labute approximate surface area is 133 Å². The Morgan fingerprint density at radius 2 is 1.75 bits per heavy atom. The Balaban J connectivity index is 2.12. The smallest absolute Gasteiger partial charge is 0.251 e. The molecule has 104 valence electrons. The number of amides is 1. The molecule has 0 aromatic heterocycles. The molecule has 2 nitrogen and oxygen atoms in total. The number of rotatable bonds is 3. The summed E-state index contributed by atoms with van der Waals surface area (Å²) in [6, 6.07) is 13.9. The zero-order valence-electron chi connectivity index (χ0n) is 11.9. The number of nitrogens with one attached hydrogen (secondary N) is 1. The average Bonchev–Trinajstić information content (AvgIpc) is 2.39. The van der Waals surface area contributed by atoms with E-state index in [1.165, 1.54) is 11.1 Å². The van der Waals surface area contributed by atoms with Gasteiger partial charge in [-0.25, -0.2) is 0 Å². The lowest BCUT2D eigenvalue weighted by Gasteiger charge is -2.17. The van der Waals surface area contributed by atoms with Gasteiger partial charge in [-0.2, -0.15) is 0 Å². The summed E-state index contributed by atoms with van der Waals surface area (Å²) in [6.45, 7) is 6.17. The second-order valence-corrected chi connectivity index (χ2v) is 6.31. The van der Waals surface area contributed by atoms with Gasteiger partial charge in [-0.15, -0.1) is 0 Å². The van der Waals surface area contributed by atoms with E-state index in [9.17, 15) is 4.79 Å². The first-order valence-corrected chi connectivity index (χ1v) is 7.69. The highest BCUT2D eigenvalue weighted by atomic mass is 127. The molecule has 0 aliphatic carbocycles. The highest BCUT2D eigenvalue weighted by Crippen LogP contribution is 2.19. The number of benzene rings is 2. The van der Waals surface area contributed by atoms with Crippen molar-refractivity contribution in [3.8, 4) is 0 Å². The molecule has 0 unspecified atom stereocenters. The Bertz CT molecular complexity index is 619. The molecule has 0 aliphatic heterocycles. The lowest BCUT2D eigenvalue weighted by Crippen LogP contribution is -2.27. The van der Waals surface area contributed by atoms with E-state index in [0.29, 0.717) is 5.56 Å². The van der Waals surface area contributed by atoms with Gasteiger partial charge < -0.3 is 5.32 Å². The molecule has 0 saturated heterocycles. The van der Waals surface area contributed by atoms with Gasteiger partial charge in [0.1, 0.15) is 0 Å². The van der Waals surface area contributed by atoms with Gasteiger partial charge in [0.25, 0.3) is 5.91 Å². The normalized spacial score (nSPS) is 12.0. The van der Waals surface area contributed by atoms with Gasteiger partial charge in [0, 0.05) is 9.13 Å². The van der Waals surface area contributed by atoms with Crippen LogP contribution >= 0.6 is 22.6 Å². The van der Waals surface area contributed by atoms with E-state index >= 15 is 0 Å². The second kappa shape index (κ2) is 6.39. The monoisotopic (exact) mass is 379 g/mol. The van der Waals surface area contributed by atoms with Crippen LogP contribution in [-0.4, -0.2) is 5.91 Å². The quantitative estimate of drug-likeness (QED) is 0.787. The molecule has 2 rings (SSSR count). The molecule has 1 N–H and O–H groups in total. The third-order valence-electron chi connectivity index (χ3n) is 3.35. The van der Waals surface area contributed by atoms with Gasteiger partial charge in [-0.05, 0) is 78.8 Å². The summed E-state index contributed by atoms with van der Waals surface area (Å²) in [4.78, 5) is 12.2. The van der Waals surface area contributed by atoms with Gasteiger partial charge in [0.15, 0.2) is 0 Å². The summed E-state index contributed by atoms with van der Waals surface area (Å²) in [7, 11) is 0. The molecule has 1 amide bonds. The predicted molar refractivity (Wildman–Crippen MR) is 91.0 cm³/mol. The molecule has 0 heterocycles. The molecular weight excluding hydrogens is 361 g/mol. The Morgan fingerprint density at radius 1 is 1.10 bits per heavy atom. The first kappa shape index (κ1) is 15.0. The van der Waals surface area contributed by atoms with Crippen molar-refractivity contribution in [2.24, 2.45) is 0 Å². The largest absolute Gasteiger partial charge is 0.346 e. The molecule has 0 fully saturated rings. The fraction of sp³-hybridized carbons (Fsp3) is 0.235. The maximum atomic E-state index is 12.2. The Kier molecular flexibility index (Phi) is 4.81. The van der Waals surface area contributed by atoms with Crippen LogP contribution in [0.25, 0.3) is 0 Å². The lowest BCUT2D eigenvalue weighted by molar-refractivity contribution is 0.0940. The van der Waals surface area contributed by atoms with Gasteiger partial charge in [-0.3, -0.25) is 4.79 Å². The molecule has 0 aliphatic rings. The number of halogens is 1. The molecule has 2 aromatic rings. The molecule has 3 heteroatoms. The molecular formula is C17H18INO. The predicted octanol–water partition coefficient (Wildman–Crippen LogP) is 4.40. The van der Waals surface area contributed by atoms with Crippen LogP contribution in [0.2, 0.25) is 0 Å². The zero-order valence-corrected chi connectivity index (χ0v) is 14.1. The van der Waals surface area contributed by atoms with E-state index in [2.05, 4.69) is 60.0 Å². The van der Waals surface area contributed by atoms with Crippen LogP contribution in [0.15, 0.2) is 42.5 Å². The van der Waals surface area contributed by atoms with Gasteiger partial charge in [-0.1, -0.05) is 23.8 Å². The summed E-state index contributed by atoms with van der Waals surface area (Å²) >= 11 is 2.23. The molecule has 2 aromatic carbocycles. The molecule has 0 saturated carbocycles. The van der Waals surface area contributed by atoms with Crippen molar-refractivity contribution in [1.29, 1.82) is 0 Å². The van der Waals surface area contributed by atoms with Crippen LogP contribution in [0.1, 0.15) is 40.0 Å². The summed E-state index contributed by atoms with van der Waals surface area (Å²) < 4.78 is 1.13. The summed E-state index contributed by atoms with van der Waals surface area (Å²) in [5, 5.41) is 3.05. The number of carbonyl (C=O) groups is 1. The van der Waals surface area contributed by atoms with Crippen molar-refractivity contribution in [3.63, 3.8) is 0 Å². The van der Waals surface area contributed by atoms with E-state index in [1.54, 1.807) is 0 Å². The fourth-order valence-electron chi connectivity index (χ4n) is 2.27. The van der Waals surface area contributed by atoms with Crippen molar-refractivity contribution in [3.05, 3.63) is 68.3 Å². The minimum atomic E-state index is -0.0334. The third kappa shape index (κ3) is 3.60. The van der Waals surface area contributed by atoms with Crippen molar-refractivity contribution in [2.75, 3.05) is 0 Å². The average molecular weight is 379 g/mol. The van der Waals surface area contributed by atoms with Crippen molar-refractivity contribution in [2.45, 2.75) is 26.8 Å². The highest BCUT2D eigenvalue weighted by Gasteiger charge is 2.13. The number of aryl methyl sites for hydroxylation is 2. The molecule has 0 bridgehead atoms.